The number of unbranched alkanes of at least 4 members (excludes halogenated alkanes) is 1. The fourth-order valence-corrected chi connectivity index (χ4v) is 7.26. The van der Waals surface area contributed by atoms with Gasteiger partial charge in [-0.3, -0.25) is 24.0 Å². The normalized spacial score (nSPS) is 26.0. The van der Waals surface area contributed by atoms with Crippen LogP contribution in [0.4, 0.5) is 0 Å². The molecule has 0 aromatic heterocycles. The van der Waals surface area contributed by atoms with Crippen molar-refractivity contribution in [2.45, 2.75) is 116 Å². The van der Waals surface area contributed by atoms with Gasteiger partial charge in [0.1, 0.15) is 36.3 Å². The minimum atomic E-state index is -1.34. The van der Waals surface area contributed by atoms with Crippen molar-refractivity contribution in [3.8, 4) is 12.3 Å². The summed E-state index contributed by atoms with van der Waals surface area (Å²) < 4.78 is 6.00. The zero-order valence-electron chi connectivity index (χ0n) is 33.2. The molecule has 296 valence electrons. The number of nitrogens with one attached hydrogen (secondary N) is 2. The fourth-order valence-electron chi connectivity index (χ4n) is 7.26. The van der Waals surface area contributed by atoms with E-state index in [0.29, 0.717) is 25.7 Å². The van der Waals surface area contributed by atoms with Crippen LogP contribution in [0.15, 0.2) is 60.7 Å². The first-order valence-corrected chi connectivity index (χ1v) is 19.2. The molecular weight excluding hydrogens is 699 g/mol. The van der Waals surface area contributed by atoms with Gasteiger partial charge in [-0.25, -0.2) is 4.79 Å². The third-order valence-corrected chi connectivity index (χ3v) is 11.0. The molecule has 2 saturated heterocycles. The van der Waals surface area contributed by atoms with E-state index in [9.17, 15) is 28.8 Å². The number of fused-ring (bicyclic) bond motifs is 1. The molecule has 2 aromatic rings. The molecule has 5 amide bonds. The van der Waals surface area contributed by atoms with Crippen molar-refractivity contribution in [2.24, 2.45) is 11.3 Å². The van der Waals surface area contributed by atoms with E-state index in [2.05, 4.69) is 16.6 Å². The summed E-state index contributed by atoms with van der Waals surface area (Å²) in [5, 5.41) is 5.68. The first kappa shape index (κ1) is 42.6. The number of cyclic esters (lactones) is 1. The Morgan fingerprint density at radius 1 is 0.836 bits per heavy atom. The molecule has 2 aliphatic heterocycles. The first-order valence-electron chi connectivity index (χ1n) is 19.2. The van der Waals surface area contributed by atoms with Crippen LogP contribution in [-0.4, -0.2) is 107 Å². The van der Waals surface area contributed by atoms with E-state index < -0.39 is 77.2 Å². The van der Waals surface area contributed by atoms with Crippen molar-refractivity contribution >= 4 is 35.5 Å². The summed E-state index contributed by atoms with van der Waals surface area (Å²) in [7, 11) is 3.09. The maximum absolute atomic E-state index is 14.7. The predicted octanol–water partition coefficient (Wildman–Crippen LogP) is 3.52. The largest absolute Gasteiger partial charge is 0.460 e. The van der Waals surface area contributed by atoms with Crippen LogP contribution in [0.25, 0.3) is 0 Å². The summed E-state index contributed by atoms with van der Waals surface area (Å²) in [4.78, 5) is 89.9. The standard InChI is InChI=1S/C43H57N5O7/c1-9-10-13-24-35-43(5,6)42(54)45-36(28(2)3)40(52)47(8)34(27-31-21-16-12-17-22-31)39(51)48-25-18-23-32(48)38(50)46(7)33(26-30-19-14-11-15-20-30)37(49)44-29(4)41(53)55-35/h1,11-12,14-17,19-22,28-29,32-36H,10,13,18,23-27H2,2-8H3,(H,44,49)(H,45,54). The number of hydrogen-bond donors (Lipinski definition) is 2. The van der Waals surface area contributed by atoms with Crippen LogP contribution in [0.1, 0.15) is 77.8 Å². The van der Waals surface area contributed by atoms with Gasteiger partial charge in [-0.1, -0.05) is 74.5 Å². The molecule has 2 fully saturated rings. The number of rotatable bonds is 8. The molecule has 2 heterocycles. The number of amides is 5. The minimum Gasteiger partial charge on any atom is -0.460 e. The Morgan fingerprint density at radius 3 is 1.96 bits per heavy atom. The number of ether oxygens (including phenoxy) is 1. The van der Waals surface area contributed by atoms with Gasteiger partial charge in [0, 0.05) is 39.9 Å². The lowest BCUT2D eigenvalue weighted by atomic mass is 9.82. The summed E-state index contributed by atoms with van der Waals surface area (Å²) >= 11 is 0. The summed E-state index contributed by atoms with van der Waals surface area (Å²) in [6, 6.07) is 13.4. The molecule has 55 heavy (non-hydrogen) atoms. The highest BCUT2D eigenvalue weighted by Crippen LogP contribution is 2.30. The molecular formula is C43H57N5O7. The van der Waals surface area contributed by atoms with Gasteiger partial charge in [0.15, 0.2) is 0 Å². The van der Waals surface area contributed by atoms with Gasteiger partial charge in [0.25, 0.3) is 0 Å². The van der Waals surface area contributed by atoms with Crippen LogP contribution in [0, 0.1) is 23.7 Å². The Bertz CT molecular complexity index is 1720. The van der Waals surface area contributed by atoms with Crippen LogP contribution in [0.3, 0.4) is 0 Å². The van der Waals surface area contributed by atoms with Crippen molar-refractivity contribution in [1.29, 1.82) is 0 Å². The van der Waals surface area contributed by atoms with Crippen molar-refractivity contribution in [1.82, 2.24) is 25.3 Å². The number of hydrogen-bond acceptors (Lipinski definition) is 7. The predicted molar refractivity (Wildman–Crippen MR) is 209 cm³/mol. The van der Waals surface area contributed by atoms with Gasteiger partial charge in [0.2, 0.25) is 29.5 Å². The van der Waals surface area contributed by atoms with Crippen molar-refractivity contribution in [3.05, 3.63) is 71.8 Å². The van der Waals surface area contributed by atoms with E-state index in [1.807, 2.05) is 60.7 Å². The lowest BCUT2D eigenvalue weighted by molar-refractivity contribution is -0.163. The molecule has 6 unspecified atom stereocenters. The minimum absolute atomic E-state index is 0.143. The number of likely N-dealkylation sites (N-methyl/N-ethyl adjacent to an activating group) is 2. The number of carbonyl (C=O) groups excluding carboxylic acids is 6. The SMILES string of the molecule is C#CCCCC1OC(=O)C(C)NC(=O)C(Cc2ccccc2)N(C)C(=O)C2CCCN2C(=O)C(Cc2ccccc2)N(C)C(=O)C(C(C)C)NC(=O)C1(C)C. The molecule has 0 spiro atoms. The third-order valence-electron chi connectivity index (χ3n) is 11.0. The number of carbonyl (C=O) groups is 6. The number of nitrogens with zero attached hydrogens (tertiary/aromatic N) is 3. The summed E-state index contributed by atoms with van der Waals surface area (Å²) in [6.45, 7) is 8.66. The second-order valence-electron chi connectivity index (χ2n) is 15.7. The molecule has 6 atom stereocenters. The molecule has 2 aliphatic rings. The van der Waals surface area contributed by atoms with Gasteiger partial charge in [-0.15, -0.1) is 12.3 Å². The van der Waals surface area contributed by atoms with E-state index >= 15 is 0 Å². The average Bonchev–Trinajstić information content (AvgIpc) is 3.66. The van der Waals surface area contributed by atoms with Crippen LogP contribution in [-0.2, 0) is 46.3 Å². The summed E-state index contributed by atoms with van der Waals surface area (Å²) in [5.74, 6) is -0.978. The lowest BCUT2D eigenvalue weighted by Crippen LogP contribution is -2.60. The van der Waals surface area contributed by atoms with E-state index in [-0.39, 0.29) is 31.7 Å². The molecule has 0 bridgehead atoms. The third kappa shape index (κ3) is 10.3. The van der Waals surface area contributed by atoms with Crippen molar-refractivity contribution < 1.29 is 33.5 Å². The molecule has 4 rings (SSSR count). The molecule has 12 heteroatoms. The highest BCUT2D eigenvalue weighted by Gasteiger charge is 2.46. The molecule has 0 radical (unpaired) electrons. The van der Waals surface area contributed by atoms with Gasteiger partial charge in [-0.2, -0.15) is 0 Å². The number of benzene rings is 2. The van der Waals surface area contributed by atoms with Gasteiger partial charge in [0.05, 0.1) is 5.41 Å². The lowest BCUT2D eigenvalue weighted by Gasteiger charge is -2.38. The van der Waals surface area contributed by atoms with E-state index in [1.54, 1.807) is 34.7 Å². The fraction of sp³-hybridized carbons (Fsp3) is 0.535. The molecule has 0 aliphatic carbocycles. The smallest absolute Gasteiger partial charge is 0.328 e. The monoisotopic (exact) mass is 755 g/mol. The summed E-state index contributed by atoms with van der Waals surface area (Å²) in [6.07, 6.45) is 6.86. The second kappa shape index (κ2) is 18.9. The zero-order chi connectivity index (χ0) is 40.4. The number of terminal acetylenes is 1. The molecule has 2 N–H and O–H groups in total. The van der Waals surface area contributed by atoms with Gasteiger partial charge < -0.3 is 30.1 Å². The Morgan fingerprint density at radius 2 is 1.40 bits per heavy atom. The quantitative estimate of drug-likeness (QED) is 0.238. The van der Waals surface area contributed by atoms with Gasteiger partial charge >= 0.3 is 5.97 Å². The Kier molecular flexibility index (Phi) is 14.6. The molecule has 12 nitrogen and oxygen atoms in total. The van der Waals surface area contributed by atoms with Crippen molar-refractivity contribution in [2.75, 3.05) is 20.6 Å². The Hall–Kier alpha value is -5.18. The summed E-state index contributed by atoms with van der Waals surface area (Å²) in [5.41, 5.74) is 0.266. The molecule has 0 saturated carbocycles. The van der Waals surface area contributed by atoms with Crippen molar-refractivity contribution in [3.63, 3.8) is 0 Å². The highest BCUT2D eigenvalue weighted by molar-refractivity contribution is 5.97. The van der Waals surface area contributed by atoms with E-state index in [1.165, 1.54) is 28.7 Å². The van der Waals surface area contributed by atoms with Crippen LogP contribution in [0.5, 0.6) is 0 Å². The first-order chi connectivity index (χ1) is 26.1. The van der Waals surface area contributed by atoms with Crippen LogP contribution in [0.2, 0.25) is 0 Å². The zero-order valence-corrected chi connectivity index (χ0v) is 33.2. The van der Waals surface area contributed by atoms with E-state index in [0.717, 1.165) is 11.1 Å². The molecule has 2 aromatic carbocycles. The second-order valence-corrected chi connectivity index (χ2v) is 15.7. The van der Waals surface area contributed by atoms with Gasteiger partial charge in [-0.05, 0) is 63.5 Å². The number of esters is 1. The highest BCUT2D eigenvalue weighted by atomic mass is 16.5. The van der Waals surface area contributed by atoms with E-state index in [4.69, 9.17) is 11.2 Å². The average molecular weight is 756 g/mol. The maximum Gasteiger partial charge on any atom is 0.328 e. The van der Waals surface area contributed by atoms with Crippen LogP contribution < -0.4 is 10.6 Å². The Labute approximate surface area is 325 Å². The maximum atomic E-state index is 14.7. The van der Waals surface area contributed by atoms with Crippen LogP contribution >= 0.6 is 0 Å². The topological polar surface area (TPSA) is 145 Å². The Balaban J connectivity index is 1.83.